The van der Waals surface area contributed by atoms with Crippen LogP contribution in [0.1, 0.15) is 41.3 Å². The van der Waals surface area contributed by atoms with Gasteiger partial charge in [-0.1, -0.05) is 31.2 Å². The number of hydrogen-bond donors (Lipinski definition) is 3. The number of carbonyl (C=O) groups excluding carboxylic acids is 1. The van der Waals surface area contributed by atoms with Crippen LogP contribution < -0.4 is 10.6 Å². The number of aromatic carboxylic acids is 1. The van der Waals surface area contributed by atoms with Crippen molar-refractivity contribution in [3.8, 4) is 0 Å². The number of anilines is 1. The van der Waals surface area contributed by atoms with Crippen LogP contribution in [0.3, 0.4) is 0 Å². The summed E-state index contributed by atoms with van der Waals surface area (Å²) < 4.78 is 0. The molecule has 6 heteroatoms. The first-order chi connectivity index (χ1) is 14.0. The van der Waals surface area contributed by atoms with Gasteiger partial charge in [-0.2, -0.15) is 0 Å². The van der Waals surface area contributed by atoms with Crippen molar-refractivity contribution < 1.29 is 14.7 Å². The van der Waals surface area contributed by atoms with Gasteiger partial charge in [-0.15, -0.1) is 0 Å². The van der Waals surface area contributed by atoms with Crippen molar-refractivity contribution >= 4 is 17.7 Å². The molecule has 1 aliphatic heterocycles. The molecule has 0 unspecified atom stereocenters. The zero-order chi connectivity index (χ0) is 20.6. The molecule has 2 aromatic rings. The summed E-state index contributed by atoms with van der Waals surface area (Å²) in [5, 5.41) is 14.6. The van der Waals surface area contributed by atoms with Crippen molar-refractivity contribution in [2.45, 2.75) is 32.7 Å². The Bertz CT molecular complexity index is 828. The zero-order valence-electron chi connectivity index (χ0n) is 16.9. The molecule has 0 aliphatic carbocycles. The molecule has 0 aromatic heterocycles. The Morgan fingerprint density at radius 1 is 1.07 bits per heavy atom. The second-order valence-corrected chi connectivity index (χ2v) is 7.78. The summed E-state index contributed by atoms with van der Waals surface area (Å²) >= 11 is 0. The van der Waals surface area contributed by atoms with E-state index in [1.165, 1.54) is 43.6 Å². The lowest BCUT2D eigenvalue weighted by atomic mass is 9.99. The van der Waals surface area contributed by atoms with Crippen molar-refractivity contribution in [2.24, 2.45) is 5.92 Å². The molecule has 0 spiro atoms. The monoisotopic (exact) mass is 395 g/mol. The maximum absolute atomic E-state index is 12.2. The van der Waals surface area contributed by atoms with Gasteiger partial charge in [0.2, 0.25) is 0 Å². The highest BCUT2D eigenvalue weighted by Crippen LogP contribution is 2.17. The van der Waals surface area contributed by atoms with E-state index in [9.17, 15) is 9.59 Å². The first-order valence-electron chi connectivity index (χ1n) is 10.2. The van der Waals surface area contributed by atoms with Crippen LogP contribution in [-0.4, -0.2) is 41.6 Å². The van der Waals surface area contributed by atoms with Gasteiger partial charge in [-0.05, 0) is 73.7 Å². The van der Waals surface area contributed by atoms with Crippen molar-refractivity contribution in [2.75, 3.05) is 25.0 Å². The predicted octanol–water partition coefficient (Wildman–Crippen LogP) is 3.98. The summed E-state index contributed by atoms with van der Waals surface area (Å²) in [6.45, 7) is 6.06. The maximum atomic E-state index is 12.2. The second kappa shape index (κ2) is 10.1. The molecule has 3 N–H and O–H groups in total. The average Bonchev–Trinajstić information content (AvgIpc) is 2.72. The molecule has 0 atom stereocenters. The molecule has 0 radical (unpaired) electrons. The molecule has 1 heterocycles. The van der Waals surface area contributed by atoms with E-state index in [1.54, 1.807) is 12.1 Å². The Morgan fingerprint density at radius 3 is 2.48 bits per heavy atom. The van der Waals surface area contributed by atoms with Gasteiger partial charge >= 0.3 is 12.0 Å². The smallest absolute Gasteiger partial charge is 0.335 e. The third kappa shape index (κ3) is 6.61. The fraction of sp³-hybridized carbons (Fsp3) is 0.391. The number of hydrogen-bond acceptors (Lipinski definition) is 3. The number of carboxylic acids is 1. The Kier molecular flexibility index (Phi) is 7.25. The number of carboxylic acid groups (broad SMARTS) is 1. The van der Waals surface area contributed by atoms with Gasteiger partial charge in [0.25, 0.3) is 0 Å². The van der Waals surface area contributed by atoms with Crippen LogP contribution in [0.2, 0.25) is 0 Å². The Morgan fingerprint density at radius 2 is 1.79 bits per heavy atom. The summed E-state index contributed by atoms with van der Waals surface area (Å²) in [5.41, 5.74) is 3.06. The minimum Gasteiger partial charge on any atom is -0.478 e. The highest BCUT2D eigenvalue weighted by Gasteiger charge is 2.15. The molecular weight excluding hydrogens is 366 g/mol. The Labute approximate surface area is 171 Å². The molecular formula is C23H29N3O3. The lowest BCUT2D eigenvalue weighted by Gasteiger charge is -2.30. The maximum Gasteiger partial charge on any atom is 0.335 e. The molecule has 3 rings (SSSR count). The third-order valence-corrected chi connectivity index (χ3v) is 5.43. The van der Waals surface area contributed by atoms with Gasteiger partial charge < -0.3 is 20.6 Å². The molecule has 6 nitrogen and oxygen atoms in total. The number of benzene rings is 2. The number of rotatable bonds is 7. The standard InChI is InChI=1S/C23H29N3O3/c1-17-9-12-26(13-10-17)14-11-18-3-2-4-21(15-18)25-23(29)24-16-19-5-7-20(8-6-19)22(27)28/h2-8,15,17H,9-14,16H2,1H3,(H,27,28)(H2,24,25,29). The molecule has 0 saturated carbocycles. The van der Waals surface area contributed by atoms with Gasteiger partial charge in [-0.25, -0.2) is 9.59 Å². The molecule has 1 fully saturated rings. The van der Waals surface area contributed by atoms with Crippen LogP contribution in [0.25, 0.3) is 0 Å². The average molecular weight is 396 g/mol. The van der Waals surface area contributed by atoms with Gasteiger partial charge in [0, 0.05) is 18.8 Å². The number of nitrogens with one attached hydrogen (secondary N) is 2. The van der Waals surface area contributed by atoms with Crippen LogP contribution in [0.4, 0.5) is 10.5 Å². The quantitative estimate of drug-likeness (QED) is 0.662. The Balaban J connectivity index is 1.45. The minimum atomic E-state index is -0.961. The number of nitrogens with zero attached hydrogens (tertiary/aromatic N) is 1. The Hall–Kier alpha value is -2.86. The SMILES string of the molecule is CC1CCN(CCc2cccc(NC(=O)NCc3ccc(C(=O)O)cc3)c2)CC1. The number of likely N-dealkylation sites (tertiary alicyclic amines) is 1. The van der Waals surface area contributed by atoms with E-state index in [4.69, 9.17) is 5.11 Å². The number of urea groups is 1. The minimum absolute atomic E-state index is 0.231. The molecule has 2 amide bonds. The second-order valence-electron chi connectivity index (χ2n) is 7.78. The fourth-order valence-electron chi connectivity index (χ4n) is 3.50. The summed E-state index contributed by atoms with van der Waals surface area (Å²) in [6, 6.07) is 14.1. The largest absolute Gasteiger partial charge is 0.478 e. The van der Waals surface area contributed by atoms with Crippen LogP contribution in [-0.2, 0) is 13.0 Å². The highest BCUT2D eigenvalue weighted by molar-refractivity contribution is 5.89. The van der Waals surface area contributed by atoms with E-state index in [1.807, 2.05) is 18.2 Å². The van der Waals surface area contributed by atoms with E-state index in [-0.39, 0.29) is 11.6 Å². The van der Waals surface area contributed by atoms with Gasteiger partial charge in [-0.3, -0.25) is 0 Å². The van der Waals surface area contributed by atoms with Crippen molar-refractivity contribution in [3.63, 3.8) is 0 Å². The normalized spacial score (nSPS) is 15.1. The highest BCUT2D eigenvalue weighted by atomic mass is 16.4. The summed E-state index contributed by atoms with van der Waals surface area (Å²) in [5.74, 6) is -0.121. The molecule has 2 aromatic carbocycles. The number of carbonyl (C=O) groups is 2. The lowest BCUT2D eigenvalue weighted by Crippen LogP contribution is -2.34. The van der Waals surface area contributed by atoms with E-state index < -0.39 is 5.97 Å². The molecule has 154 valence electrons. The first-order valence-corrected chi connectivity index (χ1v) is 10.2. The van der Waals surface area contributed by atoms with Crippen LogP contribution >= 0.6 is 0 Å². The lowest BCUT2D eigenvalue weighted by molar-refractivity contribution is 0.0697. The van der Waals surface area contributed by atoms with E-state index in [0.717, 1.165) is 30.1 Å². The van der Waals surface area contributed by atoms with Crippen molar-refractivity contribution in [1.82, 2.24) is 10.2 Å². The van der Waals surface area contributed by atoms with Crippen LogP contribution in [0, 0.1) is 5.92 Å². The van der Waals surface area contributed by atoms with E-state index in [0.29, 0.717) is 6.54 Å². The van der Waals surface area contributed by atoms with Crippen molar-refractivity contribution in [1.29, 1.82) is 0 Å². The zero-order valence-corrected chi connectivity index (χ0v) is 16.9. The summed E-state index contributed by atoms with van der Waals surface area (Å²) in [6.07, 6.45) is 3.53. The summed E-state index contributed by atoms with van der Waals surface area (Å²) in [7, 11) is 0. The molecule has 29 heavy (non-hydrogen) atoms. The topological polar surface area (TPSA) is 81.7 Å². The molecule has 1 saturated heterocycles. The first kappa shape index (κ1) is 20.9. The summed E-state index contributed by atoms with van der Waals surface area (Å²) in [4.78, 5) is 25.6. The fourth-order valence-corrected chi connectivity index (χ4v) is 3.50. The van der Waals surface area contributed by atoms with Gasteiger partial charge in [0.05, 0.1) is 5.56 Å². The van der Waals surface area contributed by atoms with Crippen LogP contribution in [0.15, 0.2) is 48.5 Å². The number of piperidine rings is 1. The van der Waals surface area contributed by atoms with Crippen LogP contribution in [0.5, 0.6) is 0 Å². The van der Waals surface area contributed by atoms with Crippen molar-refractivity contribution in [3.05, 3.63) is 65.2 Å². The van der Waals surface area contributed by atoms with E-state index >= 15 is 0 Å². The molecule has 0 bridgehead atoms. The predicted molar refractivity (Wildman–Crippen MR) is 114 cm³/mol. The molecule has 1 aliphatic rings. The van der Waals surface area contributed by atoms with E-state index in [2.05, 4.69) is 28.5 Å². The van der Waals surface area contributed by atoms with Gasteiger partial charge in [0.1, 0.15) is 0 Å². The number of amides is 2. The van der Waals surface area contributed by atoms with Gasteiger partial charge in [0.15, 0.2) is 0 Å². The third-order valence-electron chi connectivity index (χ3n) is 5.43.